The van der Waals surface area contributed by atoms with E-state index in [1.807, 2.05) is 0 Å². The first kappa shape index (κ1) is 15.0. The van der Waals surface area contributed by atoms with Gasteiger partial charge in [0.15, 0.2) is 0 Å². The molecule has 0 spiro atoms. The molecule has 0 aromatic heterocycles. The molecular weight excluding hydrogens is 262 g/mol. The third kappa shape index (κ3) is 3.95. The summed E-state index contributed by atoms with van der Waals surface area (Å²) in [7, 11) is 0. The van der Waals surface area contributed by atoms with E-state index in [4.69, 9.17) is 5.11 Å². The zero-order valence-electron chi connectivity index (χ0n) is 9.83. The van der Waals surface area contributed by atoms with Crippen LogP contribution in [-0.4, -0.2) is 42.4 Å². The quantitative estimate of drug-likeness (QED) is 0.462. The van der Waals surface area contributed by atoms with Gasteiger partial charge in [0, 0.05) is 18.2 Å². The van der Waals surface area contributed by atoms with E-state index in [-0.39, 0.29) is 17.8 Å². The maximum Gasteiger partial charge on any atom is 0.293 e. The molecule has 6 nitrogen and oxygen atoms in total. The first-order chi connectivity index (χ1) is 8.99. The van der Waals surface area contributed by atoms with Crippen LogP contribution >= 0.6 is 0 Å². The van der Waals surface area contributed by atoms with Gasteiger partial charge in [0.1, 0.15) is 12.0 Å². The SMILES string of the molecule is O=Cc1ccc(N(CCO)CC(F)F)c([N+](=O)[O-])c1. The van der Waals surface area contributed by atoms with E-state index < -0.39 is 30.2 Å². The number of rotatable bonds is 7. The molecule has 0 aliphatic carbocycles. The number of nitrogens with zero attached hydrogens (tertiary/aromatic N) is 2. The van der Waals surface area contributed by atoms with E-state index in [1.54, 1.807) is 0 Å². The zero-order chi connectivity index (χ0) is 14.4. The zero-order valence-corrected chi connectivity index (χ0v) is 9.83. The predicted molar refractivity (Wildman–Crippen MR) is 63.8 cm³/mol. The number of nitro benzene ring substituents is 1. The van der Waals surface area contributed by atoms with Gasteiger partial charge in [-0.3, -0.25) is 14.9 Å². The molecule has 0 saturated heterocycles. The number of aliphatic hydroxyl groups is 1. The molecule has 0 amide bonds. The number of halogens is 2. The molecule has 0 saturated carbocycles. The number of aliphatic hydroxyl groups excluding tert-OH is 1. The first-order valence-corrected chi connectivity index (χ1v) is 5.37. The Kier molecular flexibility index (Phi) is 5.31. The summed E-state index contributed by atoms with van der Waals surface area (Å²) in [4.78, 5) is 21.7. The van der Waals surface area contributed by atoms with E-state index in [0.717, 1.165) is 11.0 Å². The topological polar surface area (TPSA) is 83.7 Å². The number of carbonyl (C=O) groups is 1. The normalized spacial score (nSPS) is 10.5. The van der Waals surface area contributed by atoms with Crippen LogP contribution in [0.2, 0.25) is 0 Å². The second-order valence-corrected chi connectivity index (χ2v) is 3.68. The molecule has 1 N–H and O–H groups in total. The largest absolute Gasteiger partial charge is 0.395 e. The summed E-state index contributed by atoms with van der Waals surface area (Å²) in [5, 5.41) is 19.7. The van der Waals surface area contributed by atoms with Crippen LogP contribution in [0.3, 0.4) is 0 Å². The number of nitro groups is 1. The third-order valence-electron chi connectivity index (χ3n) is 2.40. The lowest BCUT2D eigenvalue weighted by molar-refractivity contribution is -0.384. The second kappa shape index (κ2) is 6.74. The molecule has 0 aliphatic heterocycles. The van der Waals surface area contributed by atoms with Gasteiger partial charge in [-0.2, -0.15) is 0 Å². The fourth-order valence-electron chi connectivity index (χ4n) is 1.62. The Hall–Kier alpha value is -2.09. The third-order valence-corrected chi connectivity index (χ3v) is 2.40. The van der Waals surface area contributed by atoms with Gasteiger partial charge in [-0.15, -0.1) is 0 Å². The molecule has 0 unspecified atom stereocenters. The van der Waals surface area contributed by atoms with Crippen molar-refractivity contribution in [2.24, 2.45) is 0 Å². The Bertz CT molecular complexity index is 468. The van der Waals surface area contributed by atoms with Gasteiger partial charge in [-0.1, -0.05) is 0 Å². The van der Waals surface area contributed by atoms with E-state index in [2.05, 4.69) is 0 Å². The Labute approximate surface area is 107 Å². The molecular formula is C11H12F2N2O4. The van der Waals surface area contributed by atoms with E-state index in [1.165, 1.54) is 12.1 Å². The van der Waals surface area contributed by atoms with Crippen molar-refractivity contribution < 1.29 is 23.6 Å². The molecule has 0 heterocycles. The maximum absolute atomic E-state index is 12.4. The van der Waals surface area contributed by atoms with Gasteiger partial charge < -0.3 is 10.0 Å². The number of benzene rings is 1. The van der Waals surface area contributed by atoms with E-state index in [9.17, 15) is 23.7 Å². The smallest absolute Gasteiger partial charge is 0.293 e. The van der Waals surface area contributed by atoms with Crippen molar-refractivity contribution in [1.82, 2.24) is 0 Å². The summed E-state index contributed by atoms with van der Waals surface area (Å²) < 4.78 is 24.8. The number of carbonyl (C=O) groups excluding carboxylic acids is 1. The van der Waals surface area contributed by atoms with Gasteiger partial charge in [0.25, 0.3) is 12.1 Å². The molecule has 1 rings (SSSR count). The van der Waals surface area contributed by atoms with E-state index in [0.29, 0.717) is 6.29 Å². The molecule has 104 valence electrons. The summed E-state index contributed by atoms with van der Waals surface area (Å²) in [5.74, 6) is 0. The monoisotopic (exact) mass is 274 g/mol. The minimum absolute atomic E-state index is 0.0510. The highest BCUT2D eigenvalue weighted by Crippen LogP contribution is 2.29. The van der Waals surface area contributed by atoms with Crippen molar-refractivity contribution in [1.29, 1.82) is 0 Å². The molecule has 0 aliphatic rings. The summed E-state index contributed by atoms with van der Waals surface area (Å²) >= 11 is 0. The summed E-state index contributed by atoms with van der Waals surface area (Å²) in [5.41, 5.74) is -0.417. The van der Waals surface area contributed by atoms with E-state index >= 15 is 0 Å². The van der Waals surface area contributed by atoms with Crippen LogP contribution in [-0.2, 0) is 0 Å². The van der Waals surface area contributed by atoms with Crippen molar-refractivity contribution in [3.63, 3.8) is 0 Å². The lowest BCUT2D eigenvalue weighted by Crippen LogP contribution is -2.32. The first-order valence-electron chi connectivity index (χ1n) is 5.37. The van der Waals surface area contributed by atoms with Gasteiger partial charge in [-0.05, 0) is 12.1 Å². The minimum Gasteiger partial charge on any atom is -0.395 e. The van der Waals surface area contributed by atoms with Crippen molar-refractivity contribution in [3.05, 3.63) is 33.9 Å². The van der Waals surface area contributed by atoms with Gasteiger partial charge in [-0.25, -0.2) is 8.78 Å². The van der Waals surface area contributed by atoms with Gasteiger partial charge in [0.2, 0.25) is 0 Å². The summed E-state index contributed by atoms with van der Waals surface area (Å²) in [6.45, 7) is -1.31. The number of hydrogen-bond donors (Lipinski definition) is 1. The average Bonchev–Trinajstić information content (AvgIpc) is 2.37. The highest BCUT2D eigenvalue weighted by Gasteiger charge is 2.22. The molecule has 1 aromatic rings. The number of aldehydes is 1. The molecule has 8 heteroatoms. The molecule has 0 fully saturated rings. The Balaban J connectivity index is 3.20. The van der Waals surface area contributed by atoms with Crippen LogP contribution in [0.15, 0.2) is 18.2 Å². The van der Waals surface area contributed by atoms with Crippen molar-refractivity contribution >= 4 is 17.7 Å². The minimum atomic E-state index is -2.70. The van der Waals surface area contributed by atoms with Crippen LogP contribution in [0.4, 0.5) is 20.2 Å². The Morgan fingerprint density at radius 1 is 1.47 bits per heavy atom. The van der Waals surface area contributed by atoms with Crippen LogP contribution in [0.1, 0.15) is 10.4 Å². The highest BCUT2D eigenvalue weighted by molar-refractivity contribution is 5.79. The summed E-state index contributed by atoms with van der Waals surface area (Å²) in [6, 6.07) is 3.53. The lowest BCUT2D eigenvalue weighted by atomic mass is 10.1. The van der Waals surface area contributed by atoms with Crippen molar-refractivity contribution in [2.75, 3.05) is 24.6 Å². The Morgan fingerprint density at radius 3 is 2.63 bits per heavy atom. The molecule has 0 bridgehead atoms. The van der Waals surface area contributed by atoms with Crippen LogP contribution in [0.25, 0.3) is 0 Å². The Morgan fingerprint density at radius 2 is 2.16 bits per heavy atom. The van der Waals surface area contributed by atoms with Crippen LogP contribution in [0.5, 0.6) is 0 Å². The van der Waals surface area contributed by atoms with Crippen molar-refractivity contribution in [2.45, 2.75) is 6.43 Å². The molecule has 19 heavy (non-hydrogen) atoms. The van der Waals surface area contributed by atoms with Crippen molar-refractivity contribution in [3.8, 4) is 0 Å². The van der Waals surface area contributed by atoms with Crippen LogP contribution < -0.4 is 4.90 Å². The lowest BCUT2D eigenvalue weighted by Gasteiger charge is -2.23. The molecule has 0 radical (unpaired) electrons. The maximum atomic E-state index is 12.4. The predicted octanol–water partition coefficient (Wildman–Crippen LogP) is 1.47. The summed E-state index contributed by atoms with van der Waals surface area (Å²) in [6.07, 6.45) is -2.27. The average molecular weight is 274 g/mol. The van der Waals surface area contributed by atoms with Gasteiger partial charge >= 0.3 is 0 Å². The second-order valence-electron chi connectivity index (χ2n) is 3.68. The highest BCUT2D eigenvalue weighted by atomic mass is 19.3. The molecule has 0 atom stereocenters. The fraction of sp³-hybridized carbons (Fsp3) is 0.364. The fourth-order valence-corrected chi connectivity index (χ4v) is 1.62. The number of hydrogen-bond acceptors (Lipinski definition) is 5. The number of anilines is 1. The van der Waals surface area contributed by atoms with Gasteiger partial charge in [0.05, 0.1) is 18.1 Å². The molecule has 1 aromatic carbocycles. The standard InChI is InChI=1S/C11H12F2N2O4/c12-11(13)6-14(3-4-16)9-2-1-8(7-17)5-10(9)15(18)19/h1-2,5,7,11,16H,3-4,6H2. The van der Waals surface area contributed by atoms with Crippen LogP contribution in [0, 0.1) is 10.1 Å². The number of alkyl halides is 2.